The van der Waals surface area contributed by atoms with Crippen LogP contribution in [0.1, 0.15) is 24.5 Å². The number of amides is 1. The number of methoxy groups -OCH3 is 1. The van der Waals surface area contributed by atoms with Gasteiger partial charge in [-0.1, -0.05) is 30.3 Å². The quantitative estimate of drug-likeness (QED) is 0.948. The fourth-order valence-corrected chi connectivity index (χ4v) is 3.02. The van der Waals surface area contributed by atoms with Crippen molar-refractivity contribution in [2.75, 3.05) is 18.6 Å². The van der Waals surface area contributed by atoms with Gasteiger partial charge in [0.2, 0.25) is 5.91 Å². The van der Waals surface area contributed by atoms with E-state index in [9.17, 15) is 9.90 Å². The van der Waals surface area contributed by atoms with Crippen LogP contribution in [0, 0.1) is 0 Å². The van der Waals surface area contributed by atoms with E-state index in [0.717, 1.165) is 22.6 Å². The van der Waals surface area contributed by atoms with Crippen molar-refractivity contribution in [1.82, 2.24) is 0 Å². The number of hydrogen-bond acceptors (Lipinski definition) is 3. The summed E-state index contributed by atoms with van der Waals surface area (Å²) in [4.78, 5) is 14.5. The number of hydrogen-bond donors (Lipinski definition) is 1. The second kappa shape index (κ2) is 6.05. The van der Waals surface area contributed by atoms with Gasteiger partial charge in [0.25, 0.3) is 0 Å². The van der Waals surface area contributed by atoms with Crippen molar-refractivity contribution in [3.8, 4) is 5.75 Å². The Bertz CT molecular complexity index is 707. The van der Waals surface area contributed by atoms with Gasteiger partial charge in [0.1, 0.15) is 5.75 Å². The summed E-state index contributed by atoms with van der Waals surface area (Å²) in [6.45, 7) is 2.33. The molecule has 0 spiro atoms. The minimum absolute atomic E-state index is 0.0399. The van der Waals surface area contributed by atoms with Gasteiger partial charge in [-0.05, 0) is 37.1 Å². The Labute approximate surface area is 136 Å². The molecule has 1 heterocycles. The highest BCUT2D eigenvalue weighted by molar-refractivity contribution is 5.96. The van der Waals surface area contributed by atoms with Crippen LogP contribution in [-0.4, -0.2) is 24.7 Å². The first-order valence-corrected chi connectivity index (χ1v) is 7.76. The smallest absolute Gasteiger partial charge is 0.231 e. The summed E-state index contributed by atoms with van der Waals surface area (Å²) in [5.41, 5.74) is 1.69. The number of para-hydroxylation sites is 1. The van der Waals surface area contributed by atoms with Gasteiger partial charge in [-0.15, -0.1) is 0 Å². The Kier molecular flexibility index (Phi) is 4.09. The molecule has 2 aromatic rings. The van der Waals surface area contributed by atoms with E-state index in [1.165, 1.54) is 0 Å². The first-order valence-electron chi connectivity index (χ1n) is 7.76. The van der Waals surface area contributed by atoms with Crippen molar-refractivity contribution in [2.45, 2.75) is 25.4 Å². The van der Waals surface area contributed by atoms with Crippen LogP contribution in [0.15, 0.2) is 48.5 Å². The summed E-state index contributed by atoms with van der Waals surface area (Å²) < 4.78 is 5.14. The second-order valence-electron chi connectivity index (χ2n) is 6.11. The number of rotatable bonds is 3. The lowest BCUT2D eigenvalue weighted by Gasteiger charge is -2.38. The molecule has 0 saturated heterocycles. The zero-order valence-corrected chi connectivity index (χ0v) is 13.5. The number of anilines is 1. The fourth-order valence-electron chi connectivity index (χ4n) is 3.02. The van der Waals surface area contributed by atoms with Gasteiger partial charge >= 0.3 is 0 Å². The maximum atomic E-state index is 12.7. The topological polar surface area (TPSA) is 49.8 Å². The van der Waals surface area contributed by atoms with Crippen molar-refractivity contribution in [3.63, 3.8) is 0 Å². The molecule has 0 saturated carbocycles. The van der Waals surface area contributed by atoms with Crippen LogP contribution in [0.25, 0.3) is 0 Å². The SMILES string of the molecule is COc1ccc(CC(=O)N2CCC(C)(O)c3ccccc32)cc1. The van der Waals surface area contributed by atoms with Crippen molar-refractivity contribution in [1.29, 1.82) is 0 Å². The van der Waals surface area contributed by atoms with E-state index in [0.29, 0.717) is 19.4 Å². The third-order valence-electron chi connectivity index (χ3n) is 4.41. The Hall–Kier alpha value is -2.33. The van der Waals surface area contributed by atoms with Gasteiger partial charge in [0.15, 0.2) is 0 Å². The maximum Gasteiger partial charge on any atom is 0.231 e. The standard InChI is InChI=1S/C19H21NO3/c1-19(22)11-12-20(17-6-4-3-5-16(17)19)18(21)13-14-7-9-15(23-2)10-8-14/h3-10,22H,11-13H2,1-2H3. The van der Waals surface area contributed by atoms with Crippen molar-refractivity contribution < 1.29 is 14.6 Å². The third-order valence-corrected chi connectivity index (χ3v) is 4.41. The molecule has 0 bridgehead atoms. The highest BCUT2D eigenvalue weighted by Gasteiger charge is 2.34. The first-order chi connectivity index (χ1) is 11.0. The van der Waals surface area contributed by atoms with Gasteiger partial charge < -0.3 is 14.7 Å². The maximum absolute atomic E-state index is 12.7. The lowest BCUT2D eigenvalue weighted by atomic mass is 9.87. The molecule has 23 heavy (non-hydrogen) atoms. The van der Waals surface area contributed by atoms with Gasteiger partial charge in [-0.25, -0.2) is 0 Å². The number of ether oxygens (including phenoxy) is 1. The lowest BCUT2D eigenvalue weighted by Crippen LogP contribution is -2.42. The Morgan fingerprint density at radius 2 is 1.91 bits per heavy atom. The van der Waals surface area contributed by atoms with Gasteiger partial charge in [-0.2, -0.15) is 0 Å². The molecule has 1 N–H and O–H groups in total. The molecular weight excluding hydrogens is 290 g/mol. The molecule has 1 aliphatic heterocycles. The largest absolute Gasteiger partial charge is 0.497 e. The van der Waals surface area contributed by atoms with Crippen LogP contribution in [0.5, 0.6) is 5.75 Å². The van der Waals surface area contributed by atoms with Crippen LogP contribution in [0.4, 0.5) is 5.69 Å². The summed E-state index contributed by atoms with van der Waals surface area (Å²) in [5.74, 6) is 0.818. The van der Waals surface area contributed by atoms with Gasteiger partial charge in [-0.3, -0.25) is 4.79 Å². The number of aliphatic hydroxyl groups is 1. The highest BCUT2D eigenvalue weighted by Crippen LogP contribution is 2.38. The second-order valence-corrected chi connectivity index (χ2v) is 6.11. The Morgan fingerprint density at radius 1 is 1.22 bits per heavy atom. The molecule has 2 aromatic carbocycles. The number of carbonyl (C=O) groups excluding carboxylic acids is 1. The third kappa shape index (κ3) is 3.08. The number of carbonyl (C=O) groups is 1. The molecule has 4 nitrogen and oxygen atoms in total. The van der Waals surface area contributed by atoms with E-state index in [4.69, 9.17) is 4.74 Å². The summed E-state index contributed by atoms with van der Waals surface area (Å²) in [7, 11) is 1.62. The van der Waals surface area contributed by atoms with E-state index in [1.807, 2.05) is 48.5 Å². The average Bonchev–Trinajstić information content (AvgIpc) is 2.55. The van der Waals surface area contributed by atoms with E-state index >= 15 is 0 Å². The Morgan fingerprint density at radius 3 is 2.61 bits per heavy atom. The molecule has 1 amide bonds. The number of fused-ring (bicyclic) bond motifs is 1. The molecule has 3 rings (SSSR count). The van der Waals surface area contributed by atoms with Crippen LogP contribution in [0.3, 0.4) is 0 Å². The monoisotopic (exact) mass is 311 g/mol. The molecule has 0 fully saturated rings. The Balaban J connectivity index is 1.82. The fraction of sp³-hybridized carbons (Fsp3) is 0.316. The summed E-state index contributed by atoms with van der Waals surface area (Å²) in [6.07, 6.45) is 0.874. The first kappa shape index (κ1) is 15.6. The zero-order chi connectivity index (χ0) is 16.4. The van der Waals surface area contributed by atoms with E-state index in [-0.39, 0.29) is 5.91 Å². The molecular formula is C19H21NO3. The minimum atomic E-state index is -0.881. The highest BCUT2D eigenvalue weighted by atomic mass is 16.5. The molecule has 1 unspecified atom stereocenters. The van der Waals surface area contributed by atoms with Crippen LogP contribution in [-0.2, 0) is 16.8 Å². The van der Waals surface area contributed by atoms with Crippen molar-refractivity contribution in [3.05, 3.63) is 59.7 Å². The molecule has 1 aliphatic rings. The number of benzene rings is 2. The molecule has 4 heteroatoms. The average molecular weight is 311 g/mol. The van der Waals surface area contributed by atoms with Crippen LogP contribution < -0.4 is 9.64 Å². The van der Waals surface area contributed by atoms with Gasteiger partial charge in [0, 0.05) is 17.8 Å². The normalized spacial score (nSPS) is 20.0. The number of nitrogens with zero attached hydrogens (tertiary/aromatic N) is 1. The van der Waals surface area contributed by atoms with Crippen molar-refractivity contribution >= 4 is 11.6 Å². The van der Waals surface area contributed by atoms with Gasteiger partial charge in [0.05, 0.1) is 19.1 Å². The summed E-state index contributed by atoms with van der Waals surface area (Å²) in [5, 5.41) is 10.5. The van der Waals surface area contributed by atoms with E-state index in [1.54, 1.807) is 18.9 Å². The predicted octanol–water partition coefficient (Wildman–Crippen LogP) is 2.88. The van der Waals surface area contributed by atoms with Crippen LogP contribution >= 0.6 is 0 Å². The molecule has 0 radical (unpaired) electrons. The van der Waals surface area contributed by atoms with Crippen LogP contribution in [0.2, 0.25) is 0 Å². The molecule has 0 aliphatic carbocycles. The zero-order valence-electron chi connectivity index (χ0n) is 13.5. The van der Waals surface area contributed by atoms with Crippen molar-refractivity contribution in [2.24, 2.45) is 0 Å². The predicted molar refractivity (Wildman–Crippen MR) is 89.7 cm³/mol. The summed E-state index contributed by atoms with van der Waals surface area (Å²) >= 11 is 0. The van der Waals surface area contributed by atoms with E-state index in [2.05, 4.69) is 0 Å². The minimum Gasteiger partial charge on any atom is -0.497 e. The molecule has 0 aromatic heterocycles. The lowest BCUT2D eigenvalue weighted by molar-refractivity contribution is -0.118. The van der Waals surface area contributed by atoms with E-state index < -0.39 is 5.60 Å². The molecule has 1 atom stereocenters. The molecule has 120 valence electrons. The summed E-state index contributed by atoms with van der Waals surface area (Å²) in [6, 6.07) is 15.1.